The Bertz CT molecular complexity index is 626. The van der Waals surface area contributed by atoms with E-state index >= 15 is 0 Å². The largest absolute Gasteiger partial charge is 0.322 e. The molecule has 0 saturated carbocycles. The number of carbonyl (C=O) groups is 1. The van der Waals surface area contributed by atoms with E-state index in [4.69, 9.17) is 0 Å². The van der Waals surface area contributed by atoms with E-state index in [9.17, 15) is 4.79 Å². The Morgan fingerprint density at radius 2 is 1.86 bits per heavy atom. The van der Waals surface area contributed by atoms with Crippen LogP contribution in [0.4, 0.5) is 5.69 Å². The highest BCUT2D eigenvalue weighted by atomic mass is 32.2. The Morgan fingerprint density at radius 1 is 1.10 bits per heavy atom. The van der Waals surface area contributed by atoms with Crippen LogP contribution < -0.4 is 5.32 Å². The van der Waals surface area contributed by atoms with Gasteiger partial charge in [-0.3, -0.25) is 4.79 Å². The molecule has 1 amide bonds. The van der Waals surface area contributed by atoms with E-state index in [-0.39, 0.29) is 5.91 Å². The molecule has 0 radical (unpaired) electrons. The molecule has 0 saturated heterocycles. The average Bonchev–Trinajstić information content (AvgIpc) is 2.47. The number of anilines is 1. The Hall–Kier alpha value is -1.39. The summed E-state index contributed by atoms with van der Waals surface area (Å²) in [6, 6.07) is 15.6. The Morgan fingerprint density at radius 3 is 2.57 bits per heavy atom. The third-order valence-electron chi connectivity index (χ3n) is 2.82. The van der Waals surface area contributed by atoms with Crippen molar-refractivity contribution in [2.45, 2.75) is 28.9 Å². The first-order valence-corrected chi connectivity index (χ1v) is 8.91. The topological polar surface area (TPSA) is 29.1 Å². The molecule has 2 rings (SSSR count). The average molecular weight is 317 g/mol. The van der Waals surface area contributed by atoms with Crippen LogP contribution in [0.25, 0.3) is 0 Å². The van der Waals surface area contributed by atoms with Crippen LogP contribution in [0.2, 0.25) is 0 Å². The van der Waals surface area contributed by atoms with Gasteiger partial charge < -0.3 is 5.32 Å². The number of rotatable bonds is 5. The van der Waals surface area contributed by atoms with Crippen molar-refractivity contribution in [3.05, 3.63) is 54.1 Å². The zero-order valence-corrected chi connectivity index (χ0v) is 14.1. The molecule has 0 spiro atoms. The number of nitrogens with one attached hydrogen (secondary N) is 1. The van der Waals surface area contributed by atoms with Crippen molar-refractivity contribution in [3.63, 3.8) is 0 Å². The molecule has 21 heavy (non-hydrogen) atoms. The quantitative estimate of drug-likeness (QED) is 0.772. The lowest BCUT2D eigenvalue weighted by Gasteiger charge is -2.12. The van der Waals surface area contributed by atoms with Crippen molar-refractivity contribution in [2.75, 3.05) is 11.6 Å². The van der Waals surface area contributed by atoms with E-state index in [0.29, 0.717) is 5.25 Å². The molecule has 0 aromatic heterocycles. The van der Waals surface area contributed by atoms with E-state index < -0.39 is 0 Å². The van der Waals surface area contributed by atoms with Gasteiger partial charge in [0.2, 0.25) is 0 Å². The molecule has 2 aromatic carbocycles. The third-order valence-corrected chi connectivity index (χ3v) is 4.63. The van der Waals surface area contributed by atoms with E-state index in [0.717, 1.165) is 21.0 Å². The second-order valence-electron chi connectivity index (χ2n) is 4.85. The molecule has 0 unspecified atom stereocenters. The van der Waals surface area contributed by atoms with Gasteiger partial charge in [-0.15, -0.1) is 23.5 Å². The molecule has 0 bridgehead atoms. The lowest BCUT2D eigenvalue weighted by atomic mass is 10.2. The van der Waals surface area contributed by atoms with E-state index in [2.05, 4.69) is 19.2 Å². The van der Waals surface area contributed by atoms with Crippen molar-refractivity contribution in [3.8, 4) is 0 Å². The van der Waals surface area contributed by atoms with Gasteiger partial charge in [-0.1, -0.05) is 32.0 Å². The normalized spacial score (nSPS) is 10.7. The zero-order chi connectivity index (χ0) is 15.2. The second kappa shape index (κ2) is 7.57. The summed E-state index contributed by atoms with van der Waals surface area (Å²) in [5.74, 6) is -0.0583. The summed E-state index contributed by atoms with van der Waals surface area (Å²) in [5.41, 5.74) is 1.56. The minimum absolute atomic E-state index is 0.0583. The van der Waals surface area contributed by atoms with Crippen molar-refractivity contribution in [1.29, 1.82) is 0 Å². The van der Waals surface area contributed by atoms with Crippen LogP contribution >= 0.6 is 23.5 Å². The first-order valence-electron chi connectivity index (χ1n) is 6.81. The van der Waals surface area contributed by atoms with Gasteiger partial charge in [0.15, 0.2) is 0 Å². The summed E-state index contributed by atoms with van der Waals surface area (Å²) in [4.78, 5) is 14.6. The van der Waals surface area contributed by atoms with Gasteiger partial charge in [0.1, 0.15) is 0 Å². The van der Waals surface area contributed by atoms with Crippen LogP contribution in [0, 0.1) is 0 Å². The van der Waals surface area contributed by atoms with Crippen molar-refractivity contribution < 1.29 is 4.79 Å². The Kier molecular flexibility index (Phi) is 5.76. The maximum Gasteiger partial charge on any atom is 0.256 e. The standard InChI is InChI=1S/C17H19NOS2/c1-12(2)21-16-10-5-4-9-15(16)17(19)18-13-7-6-8-14(11-13)20-3/h4-12H,1-3H3,(H,18,19). The number of hydrogen-bond donors (Lipinski definition) is 1. The lowest BCUT2D eigenvalue weighted by Crippen LogP contribution is -2.13. The highest BCUT2D eigenvalue weighted by molar-refractivity contribution is 8.00. The predicted molar refractivity (Wildman–Crippen MR) is 93.6 cm³/mol. The third kappa shape index (κ3) is 4.55. The van der Waals surface area contributed by atoms with Gasteiger partial charge in [0.05, 0.1) is 5.56 Å². The fraction of sp³-hybridized carbons (Fsp3) is 0.235. The number of thioether (sulfide) groups is 2. The molecule has 1 N–H and O–H groups in total. The second-order valence-corrected chi connectivity index (χ2v) is 7.35. The van der Waals surface area contributed by atoms with Crippen molar-refractivity contribution in [2.24, 2.45) is 0 Å². The van der Waals surface area contributed by atoms with Gasteiger partial charge in [-0.2, -0.15) is 0 Å². The van der Waals surface area contributed by atoms with Crippen LogP contribution in [-0.4, -0.2) is 17.4 Å². The summed E-state index contributed by atoms with van der Waals surface area (Å²) in [5, 5.41) is 3.42. The summed E-state index contributed by atoms with van der Waals surface area (Å²) < 4.78 is 0. The van der Waals surface area contributed by atoms with Crippen LogP contribution in [-0.2, 0) is 0 Å². The van der Waals surface area contributed by atoms with Gasteiger partial charge in [-0.05, 0) is 36.6 Å². The maximum atomic E-state index is 12.5. The molecule has 2 nitrogen and oxygen atoms in total. The summed E-state index contributed by atoms with van der Waals surface area (Å²) in [7, 11) is 0. The van der Waals surface area contributed by atoms with Crippen LogP contribution in [0.3, 0.4) is 0 Å². The van der Waals surface area contributed by atoms with E-state index in [1.807, 2.05) is 54.8 Å². The van der Waals surface area contributed by atoms with Crippen LogP contribution in [0.15, 0.2) is 58.3 Å². The summed E-state index contributed by atoms with van der Waals surface area (Å²) >= 11 is 3.37. The lowest BCUT2D eigenvalue weighted by molar-refractivity contribution is 0.102. The smallest absolute Gasteiger partial charge is 0.256 e. The molecular formula is C17H19NOS2. The minimum Gasteiger partial charge on any atom is -0.322 e. The summed E-state index contributed by atoms with van der Waals surface area (Å²) in [6.07, 6.45) is 2.02. The number of amides is 1. The number of carbonyl (C=O) groups excluding carboxylic acids is 1. The minimum atomic E-state index is -0.0583. The van der Waals surface area contributed by atoms with Gasteiger partial charge in [0, 0.05) is 20.7 Å². The van der Waals surface area contributed by atoms with Crippen LogP contribution in [0.5, 0.6) is 0 Å². The molecular weight excluding hydrogens is 298 g/mol. The highest BCUT2D eigenvalue weighted by Gasteiger charge is 2.12. The van der Waals surface area contributed by atoms with Crippen molar-refractivity contribution in [1.82, 2.24) is 0 Å². The molecule has 0 heterocycles. The van der Waals surface area contributed by atoms with Gasteiger partial charge in [0.25, 0.3) is 5.91 Å². The molecule has 0 fully saturated rings. The molecule has 110 valence electrons. The molecule has 0 aliphatic rings. The summed E-state index contributed by atoms with van der Waals surface area (Å²) in [6.45, 7) is 4.25. The number of hydrogen-bond acceptors (Lipinski definition) is 3. The van der Waals surface area contributed by atoms with Crippen molar-refractivity contribution >= 4 is 35.1 Å². The zero-order valence-electron chi connectivity index (χ0n) is 12.4. The SMILES string of the molecule is CSc1cccc(NC(=O)c2ccccc2SC(C)C)c1. The monoisotopic (exact) mass is 317 g/mol. The Labute approximate surface area is 134 Å². The highest BCUT2D eigenvalue weighted by Crippen LogP contribution is 2.27. The van der Waals surface area contributed by atoms with Gasteiger partial charge >= 0.3 is 0 Å². The molecule has 2 aromatic rings. The number of benzene rings is 2. The molecule has 0 aliphatic carbocycles. The van der Waals surface area contributed by atoms with Gasteiger partial charge in [-0.25, -0.2) is 0 Å². The van der Waals surface area contributed by atoms with E-state index in [1.54, 1.807) is 23.5 Å². The fourth-order valence-electron chi connectivity index (χ4n) is 1.91. The van der Waals surface area contributed by atoms with E-state index in [1.165, 1.54) is 0 Å². The maximum absolute atomic E-state index is 12.5. The molecule has 0 atom stereocenters. The molecule has 4 heteroatoms. The Balaban J connectivity index is 2.20. The first-order chi connectivity index (χ1) is 10.1. The predicted octanol–water partition coefficient (Wildman–Crippen LogP) is 5.16. The molecule has 0 aliphatic heterocycles. The van der Waals surface area contributed by atoms with Crippen LogP contribution in [0.1, 0.15) is 24.2 Å². The fourth-order valence-corrected chi connectivity index (χ4v) is 3.32. The first kappa shape index (κ1) is 16.0.